The van der Waals surface area contributed by atoms with Gasteiger partial charge in [0.05, 0.1) is 18.5 Å². The zero-order valence-electron chi connectivity index (χ0n) is 13.4. The van der Waals surface area contributed by atoms with Crippen molar-refractivity contribution >= 4 is 5.78 Å². The summed E-state index contributed by atoms with van der Waals surface area (Å²) in [6, 6.07) is 1.76. The smallest absolute Gasteiger partial charge is 0.163 e. The van der Waals surface area contributed by atoms with E-state index >= 15 is 0 Å². The number of carbonyl (C=O) groups excluding carboxylic acids is 1. The molecule has 0 saturated heterocycles. The van der Waals surface area contributed by atoms with Gasteiger partial charge in [0, 0.05) is 23.8 Å². The molecule has 0 bridgehead atoms. The summed E-state index contributed by atoms with van der Waals surface area (Å²) in [6.07, 6.45) is 3.81. The van der Waals surface area contributed by atoms with Crippen molar-refractivity contribution in [3.8, 4) is 0 Å². The van der Waals surface area contributed by atoms with Gasteiger partial charge in [-0.1, -0.05) is 34.6 Å². The average Bonchev–Trinajstić information content (AvgIpc) is 2.92. The summed E-state index contributed by atoms with van der Waals surface area (Å²) < 4.78 is 5.83. The van der Waals surface area contributed by atoms with E-state index in [-0.39, 0.29) is 17.1 Å². The van der Waals surface area contributed by atoms with Crippen LogP contribution in [0.5, 0.6) is 0 Å². The van der Waals surface area contributed by atoms with Crippen LogP contribution in [0.25, 0.3) is 0 Å². The van der Waals surface area contributed by atoms with Crippen LogP contribution in [0.2, 0.25) is 0 Å². The molecule has 21 heavy (non-hydrogen) atoms. The molecule has 1 aliphatic rings. The Morgan fingerprint density at radius 1 is 1.38 bits per heavy atom. The molecule has 2 rings (SSSR count). The highest BCUT2D eigenvalue weighted by Crippen LogP contribution is 2.37. The molecule has 5 nitrogen and oxygen atoms in total. The maximum absolute atomic E-state index is 12.0. The Kier molecular flexibility index (Phi) is 3.87. The topological polar surface area (TPSA) is 64.3 Å². The lowest BCUT2D eigenvalue weighted by Crippen LogP contribution is -2.27. The van der Waals surface area contributed by atoms with Crippen LogP contribution < -0.4 is 0 Å². The largest absolute Gasteiger partial charge is 0.497 e. The number of hydrogen-bond donors (Lipinski definition) is 1. The minimum atomic E-state index is -0.394. The third kappa shape index (κ3) is 3.28. The second-order valence-electron chi connectivity index (χ2n) is 7.41. The van der Waals surface area contributed by atoms with Gasteiger partial charge in [0.2, 0.25) is 0 Å². The Morgan fingerprint density at radius 3 is 2.52 bits per heavy atom. The molecule has 0 aliphatic heterocycles. The van der Waals surface area contributed by atoms with Crippen LogP contribution in [0.1, 0.15) is 46.7 Å². The molecule has 1 unspecified atom stereocenters. The van der Waals surface area contributed by atoms with Gasteiger partial charge in [-0.2, -0.15) is 0 Å². The van der Waals surface area contributed by atoms with Crippen LogP contribution in [0.15, 0.2) is 24.1 Å². The molecule has 0 amide bonds. The molecule has 0 aromatic carbocycles. The fourth-order valence-corrected chi connectivity index (χ4v) is 2.59. The molecule has 0 saturated carbocycles. The Labute approximate surface area is 125 Å². The summed E-state index contributed by atoms with van der Waals surface area (Å²) in [6.45, 7) is 10.5. The molecular weight excluding hydrogens is 268 g/mol. The van der Waals surface area contributed by atoms with Crippen LogP contribution >= 0.6 is 0 Å². The van der Waals surface area contributed by atoms with E-state index in [1.807, 2.05) is 13.8 Å². The second kappa shape index (κ2) is 5.20. The number of ether oxygens (including phenoxy) is 1. The van der Waals surface area contributed by atoms with E-state index in [2.05, 4.69) is 25.9 Å². The van der Waals surface area contributed by atoms with Crippen molar-refractivity contribution in [3.63, 3.8) is 0 Å². The van der Waals surface area contributed by atoms with Gasteiger partial charge in [-0.15, -0.1) is 9.94 Å². The summed E-state index contributed by atoms with van der Waals surface area (Å²) in [7, 11) is 0. The normalized spacial score (nSPS) is 19.8. The number of rotatable bonds is 4. The fraction of sp³-hybridized carbons (Fsp3) is 0.625. The predicted molar refractivity (Wildman–Crippen MR) is 79.0 cm³/mol. The standard InChI is InChI=1S/C16H24N2O3/c1-15(2,3)12-8-11(9-13(12)19)21-10-16(4,5)14-6-7-17-18(14)20/h6-7,9,12,20H,8,10H2,1-5H3. The lowest BCUT2D eigenvalue weighted by atomic mass is 9.79. The average molecular weight is 292 g/mol. The van der Waals surface area contributed by atoms with Crippen molar-refractivity contribution in [2.75, 3.05) is 6.61 Å². The van der Waals surface area contributed by atoms with Crippen molar-refractivity contribution in [1.29, 1.82) is 0 Å². The van der Waals surface area contributed by atoms with Crippen molar-refractivity contribution in [2.45, 2.75) is 46.5 Å². The summed E-state index contributed by atoms with van der Waals surface area (Å²) in [5, 5.41) is 13.4. The molecule has 1 aliphatic carbocycles. The third-order valence-corrected chi connectivity index (χ3v) is 4.03. The van der Waals surface area contributed by atoms with E-state index in [1.165, 1.54) is 0 Å². The number of carbonyl (C=O) groups is 1. The Morgan fingerprint density at radius 2 is 2.05 bits per heavy atom. The Bertz CT molecular complexity index is 564. The molecule has 1 heterocycles. The molecule has 5 heteroatoms. The number of hydrogen-bond acceptors (Lipinski definition) is 4. The number of aromatic nitrogens is 2. The van der Waals surface area contributed by atoms with Crippen molar-refractivity contribution in [3.05, 3.63) is 29.8 Å². The summed E-state index contributed by atoms with van der Waals surface area (Å²) in [5.74, 6) is 0.860. The molecule has 0 radical (unpaired) electrons. The highest BCUT2D eigenvalue weighted by atomic mass is 16.5. The molecule has 116 valence electrons. The molecule has 0 spiro atoms. The lowest BCUT2D eigenvalue weighted by molar-refractivity contribution is -0.120. The van der Waals surface area contributed by atoms with Gasteiger partial charge in [-0.05, 0) is 11.5 Å². The zero-order chi connectivity index (χ0) is 15.8. The van der Waals surface area contributed by atoms with E-state index in [0.29, 0.717) is 18.7 Å². The van der Waals surface area contributed by atoms with E-state index in [1.54, 1.807) is 18.3 Å². The molecule has 1 aromatic heterocycles. The van der Waals surface area contributed by atoms with E-state index in [0.717, 1.165) is 10.6 Å². The van der Waals surface area contributed by atoms with Gasteiger partial charge >= 0.3 is 0 Å². The SMILES string of the molecule is CC(C)(COC1=CC(=O)C(C(C)(C)C)C1)c1ccnn1O. The first-order chi connectivity index (χ1) is 9.61. The highest BCUT2D eigenvalue weighted by molar-refractivity contribution is 5.95. The minimum absolute atomic E-state index is 0.0148. The lowest BCUT2D eigenvalue weighted by Gasteiger charge is -2.27. The molecular formula is C16H24N2O3. The maximum Gasteiger partial charge on any atom is 0.163 e. The number of nitrogens with zero attached hydrogens (tertiary/aromatic N) is 2. The quantitative estimate of drug-likeness (QED) is 0.867. The summed E-state index contributed by atoms with van der Waals surface area (Å²) in [5.41, 5.74) is 0.229. The van der Waals surface area contributed by atoms with E-state index in [4.69, 9.17) is 4.74 Å². The molecule has 1 N–H and O–H groups in total. The van der Waals surface area contributed by atoms with E-state index < -0.39 is 5.41 Å². The summed E-state index contributed by atoms with van der Waals surface area (Å²) >= 11 is 0. The second-order valence-corrected chi connectivity index (χ2v) is 7.41. The van der Waals surface area contributed by atoms with Gasteiger partial charge in [-0.25, -0.2) is 0 Å². The van der Waals surface area contributed by atoms with E-state index in [9.17, 15) is 10.0 Å². The van der Waals surface area contributed by atoms with Crippen molar-refractivity contribution in [1.82, 2.24) is 9.94 Å². The zero-order valence-corrected chi connectivity index (χ0v) is 13.4. The first kappa shape index (κ1) is 15.6. The highest BCUT2D eigenvalue weighted by Gasteiger charge is 2.36. The van der Waals surface area contributed by atoms with Gasteiger partial charge in [0.15, 0.2) is 5.78 Å². The minimum Gasteiger partial charge on any atom is -0.497 e. The van der Waals surface area contributed by atoms with Crippen molar-refractivity contribution in [2.24, 2.45) is 11.3 Å². The number of allylic oxidation sites excluding steroid dienone is 2. The van der Waals surface area contributed by atoms with Gasteiger partial charge in [0.25, 0.3) is 0 Å². The molecule has 0 fully saturated rings. The van der Waals surface area contributed by atoms with Crippen molar-refractivity contribution < 1.29 is 14.7 Å². The Hall–Kier alpha value is -1.78. The summed E-state index contributed by atoms with van der Waals surface area (Å²) in [4.78, 5) is 12.9. The monoisotopic (exact) mass is 292 g/mol. The first-order valence-corrected chi connectivity index (χ1v) is 7.22. The molecule has 1 aromatic rings. The number of ketones is 1. The first-order valence-electron chi connectivity index (χ1n) is 7.22. The predicted octanol–water partition coefficient (Wildman–Crippen LogP) is 2.93. The van der Waals surface area contributed by atoms with Crippen LogP contribution in [-0.4, -0.2) is 27.5 Å². The van der Waals surface area contributed by atoms with Crippen LogP contribution in [0, 0.1) is 11.3 Å². The van der Waals surface area contributed by atoms with Crippen LogP contribution in [-0.2, 0) is 14.9 Å². The van der Waals surface area contributed by atoms with Crippen LogP contribution in [0.4, 0.5) is 0 Å². The van der Waals surface area contributed by atoms with Crippen LogP contribution in [0.3, 0.4) is 0 Å². The maximum atomic E-state index is 12.0. The Balaban J connectivity index is 2.00. The molecule has 1 atom stereocenters. The van der Waals surface area contributed by atoms with Gasteiger partial charge in [0.1, 0.15) is 5.76 Å². The third-order valence-electron chi connectivity index (χ3n) is 4.03. The fourth-order valence-electron chi connectivity index (χ4n) is 2.59. The van der Waals surface area contributed by atoms with Gasteiger partial charge < -0.3 is 9.94 Å². The van der Waals surface area contributed by atoms with Gasteiger partial charge in [-0.3, -0.25) is 4.79 Å².